The molecule has 0 saturated carbocycles. The topological polar surface area (TPSA) is 32.9 Å². The average molecular weight is 399 g/mol. The molecule has 0 bridgehead atoms. The predicted molar refractivity (Wildman–Crippen MR) is 103 cm³/mol. The summed E-state index contributed by atoms with van der Waals surface area (Å²) in [5, 5.41) is 1.97. The Morgan fingerprint density at radius 2 is 1.21 bits per heavy atom. The Morgan fingerprint density at radius 1 is 0.708 bits per heavy atom. The standard InChI is InChI=1S/C18H11Cl4NO/c1-9-14(12-4-2-10(19)6-16(12)21)8-15(18(24)23-9)13-5-3-11(20)7-17(13)22/h2-8H,1H3,(H,23,24). The van der Waals surface area contributed by atoms with Crippen LogP contribution in [0.15, 0.2) is 47.3 Å². The van der Waals surface area contributed by atoms with Gasteiger partial charge in [-0.25, -0.2) is 0 Å². The number of benzene rings is 2. The lowest BCUT2D eigenvalue weighted by atomic mass is 9.99. The summed E-state index contributed by atoms with van der Waals surface area (Å²) in [6.07, 6.45) is 0. The minimum atomic E-state index is -0.231. The molecule has 0 saturated heterocycles. The minimum Gasteiger partial charge on any atom is -0.325 e. The molecule has 2 nitrogen and oxygen atoms in total. The third-order valence-corrected chi connectivity index (χ3v) is 4.78. The highest BCUT2D eigenvalue weighted by Gasteiger charge is 2.14. The van der Waals surface area contributed by atoms with Crippen molar-refractivity contribution in [1.82, 2.24) is 4.98 Å². The Balaban J connectivity index is 2.25. The second kappa shape index (κ2) is 6.81. The Kier molecular flexibility index (Phi) is 4.93. The maximum Gasteiger partial charge on any atom is 0.256 e. The molecule has 1 aromatic heterocycles. The molecule has 122 valence electrons. The van der Waals surface area contributed by atoms with Crippen LogP contribution >= 0.6 is 46.4 Å². The largest absolute Gasteiger partial charge is 0.325 e. The van der Waals surface area contributed by atoms with E-state index in [1.54, 1.807) is 36.4 Å². The third kappa shape index (κ3) is 3.33. The van der Waals surface area contributed by atoms with Gasteiger partial charge in [0.25, 0.3) is 5.56 Å². The van der Waals surface area contributed by atoms with Gasteiger partial charge in [0.05, 0.1) is 5.02 Å². The molecule has 0 atom stereocenters. The first-order valence-electron chi connectivity index (χ1n) is 7.01. The molecule has 6 heteroatoms. The summed E-state index contributed by atoms with van der Waals surface area (Å²) < 4.78 is 0. The molecule has 1 N–H and O–H groups in total. The van der Waals surface area contributed by atoms with Crippen molar-refractivity contribution in [3.63, 3.8) is 0 Å². The van der Waals surface area contributed by atoms with E-state index in [1.807, 2.05) is 13.0 Å². The van der Waals surface area contributed by atoms with Crippen LogP contribution in [0.2, 0.25) is 20.1 Å². The lowest BCUT2D eigenvalue weighted by Crippen LogP contribution is -2.11. The van der Waals surface area contributed by atoms with Crippen LogP contribution in [0.5, 0.6) is 0 Å². The highest BCUT2D eigenvalue weighted by molar-refractivity contribution is 6.37. The van der Waals surface area contributed by atoms with Crippen molar-refractivity contribution in [3.8, 4) is 22.3 Å². The third-order valence-electron chi connectivity index (χ3n) is 3.68. The molecular formula is C18H11Cl4NO. The van der Waals surface area contributed by atoms with Crippen LogP contribution in [-0.2, 0) is 0 Å². The Hall–Kier alpha value is -1.45. The van der Waals surface area contributed by atoms with Crippen LogP contribution < -0.4 is 5.56 Å². The van der Waals surface area contributed by atoms with E-state index in [9.17, 15) is 4.79 Å². The molecule has 1 heterocycles. The molecule has 3 rings (SSSR count). The quantitative estimate of drug-likeness (QED) is 0.516. The van der Waals surface area contributed by atoms with Crippen LogP contribution in [0.4, 0.5) is 0 Å². The maximum absolute atomic E-state index is 12.4. The first-order valence-corrected chi connectivity index (χ1v) is 8.53. The SMILES string of the molecule is Cc1[nH]c(=O)c(-c2ccc(Cl)cc2Cl)cc1-c1ccc(Cl)cc1Cl. The zero-order valence-corrected chi connectivity index (χ0v) is 15.5. The zero-order chi connectivity index (χ0) is 17.4. The van der Waals surface area contributed by atoms with Crippen molar-refractivity contribution < 1.29 is 0 Å². The van der Waals surface area contributed by atoms with Crippen molar-refractivity contribution >= 4 is 46.4 Å². The molecule has 0 radical (unpaired) electrons. The number of pyridine rings is 1. The van der Waals surface area contributed by atoms with Gasteiger partial charge in [0.15, 0.2) is 0 Å². The second-order valence-corrected chi connectivity index (χ2v) is 6.99. The molecule has 0 amide bonds. The summed E-state index contributed by atoms with van der Waals surface area (Å²) in [6, 6.07) is 12.0. The van der Waals surface area contributed by atoms with Crippen molar-refractivity contribution in [3.05, 3.63) is 78.6 Å². The fourth-order valence-corrected chi connectivity index (χ4v) is 3.54. The number of aromatic nitrogens is 1. The first-order chi connectivity index (χ1) is 11.4. The highest BCUT2D eigenvalue weighted by Crippen LogP contribution is 2.35. The molecule has 2 aromatic carbocycles. The van der Waals surface area contributed by atoms with E-state index in [2.05, 4.69) is 4.98 Å². The summed E-state index contributed by atoms with van der Waals surface area (Å²) in [6.45, 7) is 1.81. The van der Waals surface area contributed by atoms with Gasteiger partial charge in [0.1, 0.15) is 0 Å². The lowest BCUT2D eigenvalue weighted by molar-refractivity contribution is 1.15. The van der Waals surface area contributed by atoms with Gasteiger partial charge < -0.3 is 4.98 Å². The molecular weight excluding hydrogens is 388 g/mol. The number of H-pyrrole nitrogens is 1. The van der Waals surface area contributed by atoms with Gasteiger partial charge in [-0.3, -0.25) is 4.79 Å². The number of rotatable bonds is 2. The molecule has 0 unspecified atom stereocenters. The number of aromatic amines is 1. The van der Waals surface area contributed by atoms with E-state index in [4.69, 9.17) is 46.4 Å². The molecule has 0 spiro atoms. The molecule has 24 heavy (non-hydrogen) atoms. The normalized spacial score (nSPS) is 10.9. The van der Waals surface area contributed by atoms with Crippen LogP contribution in [-0.4, -0.2) is 4.98 Å². The van der Waals surface area contributed by atoms with Crippen molar-refractivity contribution in [1.29, 1.82) is 0 Å². The van der Waals surface area contributed by atoms with E-state index in [0.29, 0.717) is 36.9 Å². The molecule has 3 aromatic rings. The number of halogens is 4. The van der Waals surface area contributed by atoms with Crippen molar-refractivity contribution in [2.24, 2.45) is 0 Å². The summed E-state index contributed by atoms with van der Waals surface area (Å²) >= 11 is 24.4. The fraction of sp³-hybridized carbons (Fsp3) is 0.0556. The summed E-state index contributed by atoms with van der Waals surface area (Å²) in [5.41, 5.74) is 3.11. The number of hydrogen-bond donors (Lipinski definition) is 1. The van der Waals surface area contributed by atoms with E-state index in [0.717, 1.165) is 11.1 Å². The predicted octanol–water partition coefficient (Wildman–Crippen LogP) is 6.63. The van der Waals surface area contributed by atoms with E-state index >= 15 is 0 Å². The Labute approximate surface area is 159 Å². The highest BCUT2D eigenvalue weighted by atomic mass is 35.5. The molecule has 0 aliphatic rings. The van der Waals surface area contributed by atoms with Gasteiger partial charge in [-0.05, 0) is 37.3 Å². The lowest BCUT2D eigenvalue weighted by Gasteiger charge is -2.12. The van der Waals surface area contributed by atoms with Crippen LogP contribution in [0.1, 0.15) is 5.69 Å². The summed E-state index contributed by atoms with van der Waals surface area (Å²) in [4.78, 5) is 15.2. The minimum absolute atomic E-state index is 0.231. The fourth-order valence-electron chi connectivity index (χ4n) is 2.52. The van der Waals surface area contributed by atoms with Crippen molar-refractivity contribution in [2.45, 2.75) is 6.92 Å². The smallest absolute Gasteiger partial charge is 0.256 e. The average Bonchev–Trinajstić information content (AvgIpc) is 2.49. The summed E-state index contributed by atoms with van der Waals surface area (Å²) in [7, 11) is 0. The van der Waals surface area contributed by atoms with Crippen LogP contribution in [0, 0.1) is 6.92 Å². The summed E-state index contributed by atoms with van der Waals surface area (Å²) in [5.74, 6) is 0. The number of aryl methyl sites for hydroxylation is 1. The van der Waals surface area contributed by atoms with Crippen molar-refractivity contribution in [2.75, 3.05) is 0 Å². The van der Waals surface area contributed by atoms with Gasteiger partial charge >= 0.3 is 0 Å². The van der Waals surface area contributed by atoms with Crippen LogP contribution in [0.25, 0.3) is 22.3 Å². The van der Waals surface area contributed by atoms with Gasteiger partial charge in [0, 0.05) is 43.0 Å². The van der Waals surface area contributed by atoms with Crippen LogP contribution in [0.3, 0.4) is 0 Å². The Bertz CT molecular complexity index is 995. The van der Waals surface area contributed by atoms with E-state index in [-0.39, 0.29) is 5.56 Å². The van der Waals surface area contributed by atoms with Gasteiger partial charge in [-0.1, -0.05) is 58.5 Å². The maximum atomic E-state index is 12.4. The van der Waals surface area contributed by atoms with E-state index in [1.165, 1.54) is 0 Å². The van der Waals surface area contributed by atoms with Gasteiger partial charge in [-0.15, -0.1) is 0 Å². The molecule has 0 aliphatic heterocycles. The Morgan fingerprint density at radius 3 is 1.71 bits per heavy atom. The molecule has 0 fully saturated rings. The zero-order valence-electron chi connectivity index (χ0n) is 12.5. The first kappa shape index (κ1) is 17.4. The second-order valence-electron chi connectivity index (χ2n) is 5.30. The van der Waals surface area contributed by atoms with Gasteiger partial charge in [-0.2, -0.15) is 0 Å². The number of hydrogen-bond acceptors (Lipinski definition) is 1. The monoisotopic (exact) mass is 397 g/mol. The van der Waals surface area contributed by atoms with E-state index < -0.39 is 0 Å². The molecule has 0 aliphatic carbocycles. The van der Waals surface area contributed by atoms with Gasteiger partial charge in [0.2, 0.25) is 0 Å². The number of nitrogens with one attached hydrogen (secondary N) is 1.